The molecule has 0 saturated heterocycles. The second-order valence-electron chi connectivity index (χ2n) is 3.60. The first kappa shape index (κ1) is 14.7. The van der Waals surface area contributed by atoms with Crippen molar-refractivity contribution in [1.82, 2.24) is 10.6 Å². The molecule has 104 valence electrons. The lowest BCUT2D eigenvalue weighted by molar-refractivity contribution is -0.143. The fraction of sp³-hybridized carbons (Fsp3) is 0.417. The van der Waals surface area contributed by atoms with Gasteiger partial charge in [-0.05, 0) is 13.0 Å². The molecule has 2 amide bonds. The third kappa shape index (κ3) is 5.71. The Hall–Kier alpha value is -2.31. The topological polar surface area (TPSA) is 97.6 Å². The van der Waals surface area contributed by atoms with Crippen LogP contribution < -0.4 is 10.6 Å². The van der Waals surface area contributed by atoms with E-state index in [1.165, 1.54) is 18.6 Å². The maximum absolute atomic E-state index is 11.5. The molecule has 2 N–H and O–H groups in total. The smallest absolute Gasteiger partial charge is 0.325 e. The second kappa shape index (κ2) is 7.91. The van der Waals surface area contributed by atoms with E-state index in [4.69, 9.17) is 4.42 Å². The van der Waals surface area contributed by atoms with E-state index in [0.29, 0.717) is 5.56 Å². The molecule has 0 spiro atoms. The van der Waals surface area contributed by atoms with Gasteiger partial charge in [0.2, 0.25) is 5.91 Å². The highest BCUT2D eigenvalue weighted by Gasteiger charge is 2.08. The lowest BCUT2D eigenvalue weighted by atomic mass is 10.3. The molecule has 0 fully saturated rings. The summed E-state index contributed by atoms with van der Waals surface area (Å²) in [5.41, 5.74) is 0.395. The van der Waals surface area contributed by atoms with Gasteiger partial charge in [0.15, 0.2) is 0 Å². The highest BCUT2D eigenvalue weighted by Crippen LogP contribution is 1.98. The number of hydrogen-bond donors (Lipinski definition) is 2. The number of hydrogen-bond acceptors (Lipinski definition) is 5. The Morgan fingerprint density at radius 3 is 2.74 bits per heavy atom. The van der Waals surface area contributed by atoms with E-state index in [9.17, 15) is 14.4 Å². The van der Waals surface area contributed by atoms with Crippen molar-refractivity contribution in [1.29, 1.82) is 0 Å². The molecule has 0 saturated carbocycles. The number of furan rings is 1. The van der Waals surface area contributed by atoms with Crippen LogP contribution in [0.1, 0.15) is 23.7 Å². The van der Waals surface area contributed by atoms with Crippen LogP contribution in [0.5, 0.6) is 0 Å². The lowest BCUT2D eigenvalue weighted by Crippen LogP contribution is -2.34. The van der Waals surface area contributed by atoms with Crippen LogP contribution in [0, 0.1) is 0 Å². The summed E-state index contributed by atoms with van der Waals surface area (Å²) < 4.78 is 9.41. The first-order valence-corrected chi connectivity index (χ1v) is 5.86. The first-order chi connectivity index (χ1) is 9.13. The molecule has 7 nitrogen and oxygen atoms in total. The summed E-state index contributed by atoms with van der Waals surface area (Å²) in [6.07, 6.45) is 2.79. The van der Waals surface area contributed by atoms with E-state index in [1.54, 1.807) is 6.92 Å². The second-order valence-corrected chi connectivity index (χ2v) is 3.60. The molecule has 0 aliphatic rings. The number of rotatable bonds is 7. The van der Waals surface area contributed by atoms with Gasteiger partial charge in [-0.3, -0.25) is 14.4 Å². The van der Waals surface area contributed by atoms with Gasteiger partial charge in [0.1, 0.15) is 12.8 Å². The largest absolute Gasteiger partial charge is 0.472 e. The first-order valence-electron chi connectivity index (χ1n) is 5.86. The summed E-state index contributed by atoms with van der Waals surface area (Å²) in [4.78, 5) is 33.8. The number of ether oxygens (including phenoxy) is 1. The Kier molecular flexibility index (Phi) is 6.14. The molecule has 0 bridgehead atoms. The van der Waals surface area contributed by atoms with Crippen molar-refractivity contribution in [3.05, 3.63) is 24.2 Å². The van der Waals surface area contributed by atoms with Gasteiger partial charge in [-0.2, -0.15) is 0 Å². The van der Waals surface area contributed by atoms with Crippen LogP contribution in [0.4, 0.5) is 0 Å². The van der Waals surface area contributed by atoms with Crippen LogP contribution in [-0.4, -0.2) is 37.5 Å². The highest BCUT2D eigenvalue weighted by molar-refractivity contribution is 5.94. The summed E-state index contributed by atoms with van der Waals surface area (Å²) in [5.74, 6) is -1.13. The molecule has 0 aliphatic heterocycles. The Morgan fingerprint density at radius 2 is 2.11 bits per heavy atom. The molecule has 0 unspecified atom stereocenters. The monoisotopic (exact) mass is 268 g/mol. The summed E-state index contributed by atoms with van der Waals surface area (Å²) in [6.45, 7) is 1.97. The van der Waals surface area contributed by atoms with E-state index < -0.39 is 5.97 Å². The summed E-state index contributed by atoms with van der Waals surface area (Å²) >= 11 is 0. The normalized spacial score (nSPS) is 9.74. The molecule has 1 heterocycles. The van der Waals surface area contributed by atoms with Gasteiger partial charge in [-0.15, -0.1) is 0 Å². The van der Waals surface area contributed by atoms with Crippen molar-refractivity contribution in [2.75, 3.05) is 19.7 Å². The van der Waals surface area contributed by atoms with Gasteiger partial charge in [0.25, 0.3) is 5.91 Å². The molecule has 1 rings (SSSR count). The van der Waals surface area contributed by atoms with Crippen molar-refractivity contribution in [3.8, 4) is 0 Å². The Balaban J connectivity index is 2.14. The van der Waals surface area contributed by atoms with Crippen molar-refractivity contribution in [3.63, 3.8) is 0 Å². The minimum atomic E-state index is -0.488. The Bertz CT molecular complexity index is 427. The van der Waals surface area contributed by atoms with Gasteiger partial charge < -0.3 is 19.8 Å². The average Bonchev–Trinajstić information content (AvgIpc) is 2.90. The van der Waals surface area contributed by atoms with Crippen LogP contribution in [0.15, 0.2) is 23.0 Å². The molecule has 0 aliphatic carbocycles. The molecule has 1 aromatic rings. The Morgan fingerprint density at radius 1 is 1.32 bits per heavy atom. The van der Waals surface area contributed by atoms with Crippen LogP contribution in [0.25, 0.3) is 0 Å². The van der Waals surface area contributed by atoms with Crippen LogP contribution in [-0.2, 0) is 14.3 Å². The molecule has 1 aromatic heterocycles. The quantitative estimate of drug-likeness (QED) is 0.682. The maximum atomic E-state index is 11.5. The zero-order chi connectivity index (χ0) is 14.1. The Labute approximate surface area is 110 Å². The zero-order valence-corrected chi connectivity index (χ0v) is 10.6. The fourth-order valence-electron chi connectivity index (χ4n) is 1.26. The number of carbonyl (C=O) groups excluding carboxylic acids is 3. The zero-order valence-electron chi connectivity index (χ0n) is 10.6. The molecular formula is C12H16N2O5. The van der Waals surface area contributed by atoms with Crippen LogP contribution in [0.3, 0.4) is 0 Å². The van der Waals surface area contributed by atoms with E-state index in [-0.39, 0.29) is 37.9 Å². The van der Waals surface area contributed by atoms with Gasteiger partial charge in [0, 0.05) is 13.0 Å². The number of esters is 1. The lowest BCUT2D eigenvalue weighted by Gasteiger charge is -2.05. The average molecular weight is 268 g/mol. The fourth-order valence-corrected chi connectivity index (χ4v) is 1.26. The van der Waals surface area contributed by atoms with Gasteiger partial charge >= 0.3 is 5.97 Å². The van der Waals surface area contributed by atoms with E-state index >= 15 is 0 Å². The van der Waals surface area contributed by atoms with Crippen molar-refractivity contribution < 1.29 is 23.5 Å². The van der Waals surface area contributed by atoms with Gasteiger partial charge in [0.05, 0.1) is 18.4 Å². The van der Waals surface area contributed by atoms with Gasteiger partial charge in [-0.1, -0.05) is 0 Å². The van der Waals surface area contributed by atoms with E-state index in [0.717, 1.165) is 0 Å². The molecule has 7 heteroatoms. The third-order valence-electron chi connectivity index (χ3n) is 2.16. The maximum Gasteiger partial charge on any atom is 0.325 e. The predicted octanol–water partition coefficient (Wildman–Crippen LogP) is 0.0788. The van der Waals surface area contributed by atoms with Crippen molar-refractivity contribution in [2.45, 2.75) is 13.3 Å². The van der Waals surface area contributed by atoms with Crippen LogP contribution >= 0.6 is 0 Å². The molecule has 0 atom stereocenters. The standard InChI is InChI=1S/C12H16N2O5/c1-2-19-11(16)7-14-10(15)3-5-13-12(17)9-4-6-18-8-9/h4,6,8H,2-3,5,7H2,1H3,(H,13,17)(H,14,15). The highest BCUT2D eigenvalue weighted by atomic mass is 16.5. The summed E-state index contributed by atoms with van der Waals surface area (Å²) in [5, 5.41) is 4.95. The minimum Gasteiger partial charge on any atom is -0.472 e. The molecule has 19 heavy (non-hydrogen) atoms. The van der Waals surface area contributed by atoms with Crippen molar-refractivity contribution in [2.24, 2.45) is 0 Å². The van der Waals surface area contributed by atoms with E-state index in [1.807, 2.05) is 0 Å². The molecular weight excluding hydrogens is 252 g/mol. The summed E-state index contributed by atoms with van der Waals surface area (Å²) in [6, 6.07) is 1.52. The third-order valence-corrected chi connectivity index (χ3v) is 2.16. The minimum absolute atomic E-state index is 0.0863. The molecule has 0 aromatic carbocycles. The van der Waals surface area contributed by atoms with Gasteiger partial charge in [-0.25, -0.2) is 0 Å². The summed E-state index contributed by atoms with van der Waals surface area (Å²) in [7, 11) is 0. The SMILES string of the molecule is CCOC(=O)CNC(=O)CCNC(=O)c1ccoc1. The number of amides is 2. The number of carbonyl (C=O) groups is 3. The van der Waals surface area contributed by atoms with Crippen molar-refractivity contribution >= 4 is 17.8 Å². The van der Waals surface area contributed by atoms with E-state index in [2.05, 4.69) is 15.4 Å². The molecule has 0 radical (unpaired) electrons. The van der Waals surface area contributed by atoms with Crippen LogP contribution in [0.2, 0.25) is 0 Å². The predicted molar refractivity (Wildman–Crippen MR) is 65.3 cm³/mol. The number of nitrogens with one attached hydrogen (secondary N) is 2.